The van der Waals surface area contributed by atoms with E-state index in [1.54, 1.807) is 6.08 Å². The Balaban J connectivity index is 2.14. The van der Waals surface area contributed by atoms with E-state index in [1.165, 1.54) is 27.2 Å². The molecule has 0 aliphatic heterocycles. The van der Waals surface area contributed by atoms with Gasteiger partial charge in [-0.25, -0.2) is 4.79 Å². The van der Waals surface area contributed by atoms with Gasteiger partial charge in [-0.1, -0.05) is 0 Å². The Hall–Kier alpha value is -2.71. The number of hydrogen-bond acceptors (Lipinski definition) is 8. The fourth-order valence-corrected chi connectivity index (χ4v) is 2.47. The molecule has 1 aromatic rings. The molecule has 2 rings (SSSR count). The van der Waals surface area contributed by atoms with Crippen LogP contribution < -0.4 is 0 Å². The fraction of sp³-hybridized carbons (Fsp3) is 0.353. The molecule has 8 heteroatoms. The van der Waals surface area contributed by atoms with E-state index in [1.807, 2.05) is 0 Å². The minimum Gasteiger partial charge on any atom is -0.504 e. The average molecular weight is 352 g/mol. The van der Waals surface area contributed by atoms with Crippen molar-refractivity contribution in [2.45, 2.75) is 18.6 Å². The zero-order valence-electron chi connectivity index (χ0n) is 14.0. The van der Waals surface area contributed by atoms with Crippen molar-refractivity contribution in [3.8, 4) is 17.2 Å². The highest BCUT2D eigenvalue weighted by Crippen LogP contribution is 2.35. The highest BCUT2D eigenvalue weighted by Gasteiger charge is 2.39. The van der Waals surface area contributed by atoms with Crippen molar-refractivity contribution >= 4 is 5.97 Å². The topological polar surface area (TPSA) is 126 Å². The maximum Gasteiger partial charge on any atom is 0.338 e. The number of hydrogen-bond donors (Lipinski definition) is 4. The molecular weight excluding hydrogens is 332 g/mol. The third-order valence-electron chi connectivity index (χ3n) is 3.88. The van der Waals surface area contributed by atoms with Gasteiger partial charge in [0.05, 0.1) is 12.7 Å². The number of methoxy groups -OCH3 is 2. The summed E-state index contributed by atoms with van der Waals surface area (Å²) in [6, 6.07) is 1.96. The first-order chi connectivity index (χ1) is 11.7. The molecule has 136 valence electrons. The summed E-state index contributed by atoms with van der Waals surface area (Å²) in [6.07, 6.45) is 2.44. The van der Waals surface area contributed by atoms with Crippen molar-refractivity contribution in [3.63, 3.8) is 0 Å². The molecule has 0 fully saturated rings. The maximum atomic E-state index is 12.0. The van der Waals surface area contributed by atoms with Crippen LogP contribution in [0.25, 0.3) is 0 Å². The standard InChI is InChI=1S/C17H20O8/c1-17(22)13(23-2)4-9(5-14(17)24-3)8-25-16(21)10-6-11(18)15(20)12(19)7-10/h4-7,13,18-20,22H,8H2,1-3H3. The Morgan fingerprint density at radius 1 is 1.20 bits per heavy atom. The lowest BCUT2D eigenvalue weighted by Gasteiger charge is -2.34. The molecule has 2 unspecified atom stereocenters. The largest absolute Gasteiger partial charge is 0.504 e. The van der Waals surface area contributed by atoms with Crippen LogP contribution in [-0.2, 0) is 14.2 Å². The molecule has 0 saturated carbocycles. The first kappa shape index (κ1) is 18.6. The summed E-state index contributed by atoms with van der Waals surface area (Å²) in [4.78, 5) is 12.0. The van der Waals surface area contributed by atoms with Gasteiger partial charge < -0.3 is 34.6 Å². The fourth-order valence-electron chi connectivity index (χ4n) is 2.47. The number of benzene rings is 1. The summed E-state index contributed by atoms with van der Waals surface area (Å²) >= 11 is 0. The molecule has 8 nitrogen and oxygen atoms in total. The summed E-state index contributed by atoms with van der Waals surface area (Å²) < 4.78 is 15.5. The quantitative estimate of drug-likeness (QED) is 0.460. The number of aliphatic hydroxyl groups is 1. The molecule has 1 aromatic carbocycles. The molecule has 0 aromatic heterocycles. The lowest BCUT2D eigenvalue weighted by molar-refractivity contribution is -0.0633. The highest BCUT2D eigenvalue weighted by molar-refractivity contribution is 5.91. The zero-order chi connectivity index (χ0) is 18.8. The Morgan fingerprint density at radius 3 is 2.32 bits per heavy atom. The average Bonchev–Trinajstić information content (AvgIpc) is 2.57. The van der Waals surface area contributed by atoms with Gasteiger partial charge in [0.2, 0.25) is 0 Å². The van der Waals surface area contributed by atoms with Gasteiger partial charge in [0.15, 0.2) is 17.2 Å². The first-order valence-corrected chi connectivity index (χ1v) is 7.34. The third-order valence-corrected chi connectivity index (χ3v) is 3.88. The second-order valence-electron chi connectivity index (χ2n) is 5.70. The number of rotatable bonds is 5. The van der Waals surface area contributed by atoms with Gasteiger partial charge in [0.25, 0.3) is 0 Å². The highest BCUT2D eigenvalue weighted by atomic mass is 16.5. The lowest BCUT2D eigenvalue weighted by atomic mass is 9.89. The SMILES string of the molecule is COC1=CC(COC(=O)c2cc(O)c(O)c(O)c2)=CC(OC)C1(C)O. The van der Waals surface area contributed by atoms with Crippen molar-refractivity contribution < 1.29 is 39.4 Å². The number of aromatic hydroxyl groups is 3. The number of carbonyl (C=O) groups excluding carboxylic acids is 1. The molecule has 1 aliphatic carbocycles. The number of ether oxygens (including phenoxy) is 3. The van der Waals surface area contributed by atoms with Crippen LogP contribution in [0.5, 0.6) is 17.2 Å². The van der Waals surface area contributed by atoms with Gasteiger partial charge in [-0.15, -0.1) is 0 Å². The number of phenolic OH excluding ortho intramolecular Hbond substituents is 3. The number of esters is 1. The predicted octanol–water partition coefficient (Wildman–Crippen LogP) is 1.20. The predicted molar refractivity (Wildman–Crippen MR) is 86.3 cm³/mol. The molecule has 0 saturated heterocycles. The van der Waals surface area contributed by atoms with E-state index in [9.17, 15) is 25.2 Å². The van der Waals surface area contributed by atoms with E-state index >= 15 is 0 Å². The number of phenols is 3. The van der Waals surface area contributed by atoms with Gasteiger partial charge in [0.1, 0.15) is 24.1 Å². The summed E-state index contributed by atoms with van der Waals surface area (Å²) in [6.45, 7) is 1.39. The number of carbonyl (C=O) groups is 1. The minimum atomic E-state index is -1.36. The van der Waals surface area contributed by atoms with Crippen molar-refractivity contribution in [1.29, 1.82) is 0 Å². The molecule has 2 atom stereocenters. The maximum absolute atomic E-state index is 12.0. The van der Waals surface area contributed by atoms with E-state index in [-0.39, 0.29) is 17.9 Å². The molecule has 0 bridgehead atoms. The smallest absolute Gasteiger partial charge is 0.338 e. The van der Waals surface area contributed by atoms with Crippen LogP contribution in [0.3, 0.4) is 0 Å². The van der Waals surface area contributed by atoms with Gasteiger partial charge >= 0.3 is 5.97 Å². The first-order valence-electron chi connectivity index (χ1n) is 7.34. The van der Waals surface area contributed by atoms with E-state index in [0.29, 0.717) is 5.57 Å². The molecule has 25 heavy (non-hydrogen) atoms. The Labute approximate surface area is 144 Å². The zero-order valence-corrected chi connectivity index (χ0v) is 14.0. The van der Waals surface area contributed by atoms with E-state index < -0.39 is 34.9 Å². The van der Waals surface area contributed by atoms with Crippen molar-refractivity contribution in [2.75, 3.05) is 20.8 Å². The van der Waals surface area contributed by atoms with E-state index in [0.717, 1.165) is 12.1 Å². The van der Waals surface area contributed by atoms with Crippen molar-refractivity contribution in [3.05, 3.63) is 41.2 Å². The Kier molecular flexibility index (Phi) is 5.24. The molecule has 0 amide bonds. The van der Waals surface area contributed by atoms with Crippen LogP contribution >= 0.6 is 0 Å². The normalized spacial score (nSPS) is 22.8. The van der Waals surface area contributed by atoms with Gasteiger partial charge in [-0.3, -0.25) is 0 Å². The summed E-state index contributed by atoms with van der Waals surface area (Å²) in [5, 5.41) is 38.6. The van der Waals surface area contributed by atoms with Gasteiger partial charge in [-0.05, 0) is 36.8 Å². The molecule has 4 N–H and O–H groups in total. The second kappa shape index (κ2) is 7.04. The van der Waals surface area contributed by atoms with Crippen molar-refractivity contribution in [2.24, 2.45) is 0 Å². The van der Waals surface area contributed by atoms with Crippen LogP contribution in [-0.4, -0.2) is 58.9 Å². The molecule has 0 spiro atoms. The van der Waals surface area contributed by atoms with Crippen LogP contribution in [0.1, 0.15) is 17.3 Å². The second-order valence-corrected chi connectivity index (χ2v) is 5.70. The van der Waals surface area contributed by atoms with E-state index in [2.05, 4.69) is 0 Å². The Bertz CT molecular complexity index is 709. The van der Waals surface area contributed by atoms with Gasteiger partial charge in [-0.2, -0.15) is 0 Å². The Morgan fingerprint density at radius 2 is 1.80 bits per heavy atom. The molecule has 0 heterocycles. The van der Waals surface area contributed by atoms with Crippen LogP contribution in [0.2, 0.25) is 0 Å². The molecular formula is C17H20O8. The van der Waals surface area contributed by atoms with Crippen molar-refractivity contribution in [1.82, 2.24) is 0 Å². The van der Waals surface area contributed by atoms with Crippen LogP contribution in [0.4, 0.5) is 0 Å². The van der Waals surface area contributed by atoms with Crippen LogP contribution in [0, 0.1) is 0 Å². The van der Waals surface area contributed by atoms with E-state index in [4.69, 9.17) is 14.2 Å². The monoisotopic (exact) mass is 352 g/mol. The summed E-state index contributed by atoms with van der Waals surface area (Å²) in [7, 11) is 2.84. The third kappa shape index (κ3) is 3.70. The minimum absolute atomic E-state index is 0.129. The van der Waals surface area contributed by atoms with Crippen LogP contribution in [0.15, 0.2) is 35.6 Å². The summed E-state index contributed by atoms with van der Waals surface area (Å²) in [5.74, 6) is -2.55. The summed E-state index contributed by atoms with van der Waals surface area (Å²) in [5.41, 5.74) is -0.947. The molecule has 0 radical (unpaired) electrons. The molecule has 1 aliphatic rings. The lowest BCUT2D eigenvalue weighted by Crippen LogP contribution is -2.44. The van der Waals surface area contributed by atoms with Gasteiger partial charge in [0, 0.05) is 7.11 Å².